The van der Waals surface area contributed by atoms with Crippen molar-refractivity contribution in [2.45, 2.75) is 39.5 Å². The molecule has 1 aromatic carbocycles. The van der Waals surface area contributed by atoms with Gasteiger partial charge in [0.2, 0.25) is 5.91 Å². The van der Waals surface area contributed by atoms with E-state index in [1.165, 1.54) is 12.1 Å². The molecule has 2 heterocycles. The van der Waals surface area contributed by atoms with E-state index in [1.807, 2.05) is 18.7 Å². The van der Waals surface area contributed by atoms with E-state index in [4.69, 9.17) is 11.6 Å². The van der Waals surface area contributed by atoms with Crippen LogP contribution in [0, 0.1) is 11.7 Å². The van der Waals surface area contributed by atoms with E-state index in [9.17, 15) is 14.0 Å². The standard InChI is InChI=1S/C21H27ClFN3O2/c1-3-25(4-2)18(27)8-5-14-9-11-26(12-10-14)21(28)20-19(22)16-13-15(23)6-7-17(16)24-20/h6-7,13-14,24H,3-5,8-12H2,1-2H3. The molecule has 1 aliphatic heterocycles. The van der Waals surface area contributed by atoms with Crippen LogP contribution < -0.4 is 0 Å². The summed E-state index contributed by atoms with van der Waals surface area (Å²) in [5.74, 6) is 0.128. The maximum Gasteiger partial charge on any atom is 0.271 e. The fourth-order valence-electron chi connectivity index (χ4n) is 3.92. The summed E-state index contributed by atoms with van der Waals surface area (Å²) < 4.78 is 13.5. The number of fused-ring (bicyclic) bond motifs is 1. The molecule has 0 radical (unpaired) electrons. The van der Waals surface area contributed by atoms with Gasteiger partial charge in [-0.15, -0.1) is 0 Å². The summed E-state index contributed by atoms with van der Waals surface area (Å²) in [7, 11) is 0. The Morgan fingerprint density at radius 3 is 2.57 bits per heavy atom. The van der Waals surface area contributed by atoms with Gasteiger partial charge in [0, 0.05) is 43.5 Å². The number of carbonyl (C=O) groups excluding carboxylic acids is 2. The van der Waals surface area contributed by atoms with Gasteiger partial charge in [0.1, 0.15) is 11.5 Å². The number of nitrogens with one attached hydrogen (secondary N) is 1. The van der Waals surface area contributed by atoms with Crippen LogP contribution in [0.2, 0.25) is 5.02 Å². The first-order chi connectivity index (χ1) is 13.4. The Morgan fingerprint density at radius 1 is 1.25 bits per heavy atom. The maximum absolute atomic E-state index is 13.5. The zero-order valence-electron chi connectivity index (χ0n) is 16.4. The van der Waals surface area contributed by atoms with E-state index < -0.39 is 0 Å². The summed E-state index contributed by atoms with van der Waals surface area (Å²) in [6.07, 6.45) is 3.19. The molecule has 7 heteroatoms. The van der Waals surface area contributed by atoms with E-state index >= 15 is 0 Å². The molecule has 0 spiro atoms. The number of nitrogens with zero attached hydrogens (tertiary/aromatic N) is 2. The molecule has 1 saturated heterocycles. The third kappa shape index (κ3) is 4.32. The fraction of sp³-hybridized carbons (Fsp3) is 0.524. The van der Waals surface area contributed by atoms with Crippen LogP contribution in [0.4, 0.5) is 4.39 Å². The highest BCUT2D eigenvalue weighted by Gasteiger charge is 2.27. The Hall–Kier alpha value is -2.08. The lowest BCUT2D eigenvalue weighted by Gasteiger charge is -2.32. The predicted octanol–water partition coefficient (Wildman–Crippen LogP) is 4.46. The molecule has 2 aromatic rings. The second-order valence-corrected chi connectivity index (χ2v) is 7.72. The van der Waals surface area contributed by atoms with Gasteiger partial charge in [0.15, 0.2) is 0 Å². The minimum atomic E-state index is -0.382. The van der Waals surface area contributed by atoms with Gasteiger partial charge in [-0.1, -0.05) is 11.6 Å². The Morgan fingerprint density at radius 2 is 1.93 bits per heavy atom. The Kier molecular flexibility index (Phi) is 6.60. The summed E-state index contributed by atoms with van der Waals surface area (Å²) in [5, 5.41) is 0.793. The lowest BCUT2D eigenvalue weighted by molar-refractivity contribution is -0.131. The molecular weight excluding hydrogens is 381 g/mol. The molecule has 28 heavy (non-hydrogen) atoms. The molecule has 0 atom stereocenters. The molecule has 1 fully saturated rings. The largest absolute Gasteiger partial charge is 0.349 e. The van der Waals surface area contributed by atoms with Crippen molar-refractivity contribution in [3.05, 3.63) is 34.7 Å². The lowest BCUT2D eigenvalue weighted by atomic mass is 9.92. The summed E-state index contributed by atoms with van der Waals surface area (Å²) in [5.41, 5.74) is 0.969. The van der Waals surface area contributed by atoms with Gasteiger partial charge < -0.3 is 14.8 Å². The van der Waals surface area contributed by atoms with Crippen LogP contribution in [0.25, 0.3) is 10.9 Å². The first-order valence-electron chi connectivity index (χ1n) is 9.98. The van der Waals surface area contributed by atoms with Crippen LogP contribution in [0.1, 0.15) is 50.0 Å². The molecule has 3 rings (SSSR count). The smallest absolute Gasteiger partial charge is 0.271 e. The molecule has 0 bridgehead atoms. The Bertz CT molecular complexity index is 855. The molecule has 2 amide bonds. The number of amides is 2. The van der Waals surface area contributed by atoms with E-state index in [1.54, 1.807) is 11.0 Å². The normalized spacial score (nSPS) is 15.2. The van der Waals surface area contributed by atoms with Crippen molar-refractivity contribution in [1.29, 1.82) is 0 Å². The molecule has 1 aliphatic rings. The van der Waals surface area contributed by atoms with Crippen LogP contribution in [0.5, 0.6) is 0 Å². The van der Waals surface area contributed by atoms with Crippen LogP contribution in [-0.2, 0) is 4.79 Å². The van der Waals surface area contributed by atoms with E-state index in [0.29, 0.717) is 42.0 Å². The third-order valence-electron chi connectivity index (χ3n) is 5.70. The highest BCUT2D eigenvalue weighted by atomic mass is 35.5. The van der Waals surface area contributed by atoms with Crippen molar-refractivity contribution < 1.29 is 14.0 Å². The van der Waals surface area contributed by atoms with Gasteiger partial charge in [0.05, 0.1) is 5.02 Å². The SMILES string of the molecule is CCN(CC)C(=O)CCC1CCN(C(=O)c2[nH]c3ccc(F)cc3c2Cl)CC1. The number of carbonyl (C=O) groups is 2. The van der Waals surface area contributed by atoms with Crippen molar-refractivity contribution in [2.24, 2.45) is 5.92 Å². The maximum atomic E-state index is 13.5. The first kappa shape index (κ1) is 20.6. The highest BCUT2D eigenvalue weighted by Crippen LogP contribution is 2.30. The average molecular weight is 408 g/mol. The van der Waals surface area contributed by atoms with Crippen molar-refractivity contribution in [3.63, 3.8) is 0 Å². The Balaban J connectivity index is 1.57. The van der Waals surface area contributed by atoms with Gasteiger partial charge >= 0.3 is 0 Å². The van der Waals surface area contributed by atoms with Crippen molar-refractivity contribution in [3.8, 4) is 0 Å². The quantitative estimate of drug-likeness (QED) is 0.768. The van der Waals surface area contributed by atoms with Gasteiger partial charge in [0.25, 0.3) is 5.91 Å². The monoisotopic (exact) mass is 407 g/mol. The van der Waals surface area contributed by atoms with Gasteiger partial charge in [-0.25, -0.2) is 4.39 Å². The van der Waals surface area contributed by atoms with Crippen LogP contribution >= 0.6 is 11.6 Å². The van der Waals surface area contributed by atoms with E-state index in [0.717, 1.165) is 32.4 Å². The van der Waals surface area contributed by atoms with E-state index in [-0.39, 0.29) is 22.7 Å². The zero-order chi connectivity index (χ0) is 20.3. The fourth-order valence-corrected chi connectivity index (χ4v) is 4.21. The first-order valence-corrected chi connectivity index (χ1v) is 10.4. The van der Waals surface area contributed by atoms with Crippen molar-refractivity contribution >= 4 is 34.3 Å². The van der Waals surface area contributed by atoms with Gasteiger partial charge in [-0.05, 0) is 57.2 Å². The third-order valence-corrected chi connectivity index (χ3v) is 6.09. The topological polar surface area (TPSA) is 56.4 Å². The molecule has 5 nitrogen and oxygen atoms in total. The molecule has 0 saturated carbocycles. The Labute approximate surface area is 169 Å². The molecule has 1 aromatic heterocycles. The zero-order valence-corrected chi connectivity index (χ0v) is 17.2. The average Bonchev–Trinajstić information content (AvgIpc) is 3.03. The second-order valence-electron chi connectivity index (χ2n) is 7.34. The van der Waals surface area contributed by atoms with Gasteiger partial charge in [-0.3, -0.25) is 9.59 Å². The number of piperidine rings is 1. The van der Waals surface area contributed by atoms with Crippen LogP contribution in [-0.4, -0.2) is 52.8 Å². The molecule has 152 valence electrons. The van der Waals surface area contributed by atoms with Crippen molar-refractivity contribution in [1.82, 2.24) is 14.8 Å². The molecule has 0 unspecified atom stereocenters. The number of likely N-dealkylation sites (tertiary alicyclic amines) is 1. The molecule has 0 aliphatic carbocycles. The van der Waals surface area contributed by atoms with E-state index in [2.05, 4.69) is 4.98 Å². The number of aromatic nitrogens is 1. The number of halogens is 2. The summed E-state index contributed by atoms with van der Waals surface area (Å²) in [4.78, 5) is 31.7. The highest BCUT2D eigenvalue weighted by molar-refractivity contribution is 6.38. The summed E-state index contributed by atoms with van der Waals surface area (Å²) in [6.45, 7) is 6.77. The minimum Gasteiger partial charge on any atom is -0.349 e. The minimum absolute atomic E-state index is 0.153. The lowest BCUT2D eigenvalue weighted by Crippen LogP contribution is -2.39. The van der Waals surface area contributed by atoms with Crippen molar-refractivity contribution in [2.75, 3.05) is 26.2 Å². The summed E-state index contributed by atoms with van der Waals surface area (Å²) >= 11 is 6.33. The number of aromatic amines is 1. The number of hydrogen-bond donors (Lipinski definition) is 1. The molecule has 1 N–H and O–H groups in total. The molecular formula is C21H27ClFN3O2. The number of H-pyrrole nitrogens is 1. The van der Waals surface area contributed by atoms with Crippen LogP contribution in [0.15, 0.2) is 18.2 Å². The van der Waals surface area contributed by atoms with Crippen LogP contribution in [0.3, 0.4) is 0 Å². The predicted molar refractivity (Wildman–Crippen MR) is 109 cm³/mol. The van der Waals surface area contributed by atoms with Gasteiger partial charge in [-0.2, -0.15) is 0 Å². The number of rotatable bonds is 6. The summed E-state index contributed by atoms with van der Waals surface area (Å²) in [6, 6.07) is 4.27. The number of hydrogen-bond acceptors (Lipinski definition) is 2. The number of benzene rings is 1. The second kappa shape index (κ2) is 8.95.